The Kier molecular flexibility index (Phi) is 4.56. The molecule has 0 aliphatic heterocycles. The molecule has 0 unspecified atom stereocenters. The van der Waals surface area contributed by atoms with Gasteiger partial charge in [0.05, 0.1) is 11.3 Å². The Bertz CT molecular complexity index is 760. The van der Waals surface area contributed by atoms with Gasteiger partial charge in [0.15, 0.2) is 0 Å². The van der Waals surface area contributed by atoms with Crippen LogP contribution in [0.15, 0.2) is 42.6 Å². The molecule has 0 saturated heterocycles. The van der Waals surface area contributed by atoms with Crippen LogP contribution in [0.1, 0.15) is 15.9 Å². The van der Waals surface area contributed by atoms with Crippen LogP contribution in [-0.4, -0.2) is 19.3 Å². The zero-order chi connectivity index (χ0) is 15.5. The summed E-state index contributed by atoms with van der Waals surface area (Å²) in [5.74, 6) is -0.650. The number of carbonyl (C=O) groups is 1. The molecule has 0 aliphatic rings. The number of nitrogens with zero attached hydrogens (tertiary/aromatic N) is 1. The predicted octanol–water partition coefficient (Wildman–Crippen LogP) is 1.78. The maximum absolute atomic E-state index is 12.0. The van der Waals surface area contributed by atoms with Crippen LogP contribution >= 0.6 is 11.6 Å². The van der Waals surface area contributed by atoms with Crippen LogP contribution in [0.3, 0.4) is 0 Å². The molecule has 2 aromatic rings. The van der Waals surface area contributed by atoms with Crippen LogP contribution in [-0.2, 0) is 15.8 Å². The molecule has 1 heterocycles. The highest BCUT2D eigenvalue weighted by molar-refractivity contribution is 7.88. The van der Waals surface area contributed by atoms with E-state index in [9.17, 15) is 13.2 Å². The van der Waals surface area contributed by atoms with E-state index in [0.29, 0.717) is 11.3 Å². The quantitative estimate of drug-likeness (QED) is 0.836. The van der Waals surface area contributed by atoms with E-state index in [-0.39, 0.29) is 16.5 Å². The summed E-state index contributed by atoms with van der Waals surface area (Å²) >= 11 is 5.83. The molecule has 0 aliphatic carbocycles. The van der Waals surface area contributed by atoms with Crippen molar-refractivity contribution >= 4 is 33.2 Å². The maximum Gasteiger partial charge on any atom is 0.258 e. The smallest absolute Gasteiger partial charge is 0.258 e. The number of anilines is 1. The number of nitrogens with two attached hydrogens (primary N) is 1. The predicted molar refractivity (Wildman–Crippen MR) is 80.5 cm³/mol. The van der Waals surface area contributed by atoms with E-state index in [0.717, 1.165) is 0 Å². The molecular weight excluding hydrogens is 314 g/mol. The first-order chi connectivity index (χ1) is 9.85. The van der Waals surface area contributed by atoms with Gasteiger partial charge in [0.25, 0.3) is 5.91 Å². The van der Waals surface area contributed by atoms with Crippen LogP contribution in [0.4, 0.5) is 5.69 Å². The van der Waals surface area contributed by atoms with E-state index in [1.807, 2.05) is 0 Å². The first kappa shape index (κ1) is 15.4. The van der Waals surface area contributed by atoms with Gasteiger partial charge in [-0.3, -0.25) is 4.79 Å². The number of benzene rings is 1. The molecule has 0 saturated carbocycles. The molecule has 6 nitrogen and oxygen atoms in total. The Morgan fingerprint density at radius 2 is 1.90 bits per heavy atom. The standard InChI is InChI=1S/C13H12ClN3O3S/c14-12-11(2-1-7-16-12)13(18)17-10-5-3-9(4-6-10)8-21(15,19)20/h1-7H,8H2,(H,17,18)(H2,15,19,20). The van der Waals surface area contributed by atoms with Gasteiger partial charge in [0.2, 0.25) is 10.0 Å². The number of primary sulfonamides is 1. The minimum Gasteiger partial charge on any atom is -0.322 e. The van der Waals surface area contributed by atoms with E-state index >= 15 is 0 Å². The molecule has 1 aromatic heterocycles. The normalized spacial score (nSPS) is 11.1. The number of amides is 1. The third kappa shape index (κ3) is 4.52. The molecule has 0 atom stereocenters. The molecule has 8 heteroatoms. The van der Waals surface area contributed by atoms with Crippen molar-refractivity contribution in [2.24, 2.45) is 5.14 Å². The number of sulfonamides is 1. The van der Waals surface area contributed by atoms with Crippen LogP contribution in [0.25, 0.3) is 0 Å². The molecule has 1 amide bonds. The number of halogens is 1. The number of hydrogen-bond donors (Lipinski definition) is 2. The molecule has 0 bridgehead atoms. The average molecular weight is 326 g/mol. The fourth-order valence-corrected chi connectivity index (χ4v) is 2.53. The number of aromatic nitrogens is 1. The van der Waals surface area contributed by atoms with E-state index in [4.69, 9.17) is 16.7 Å². The summed E-state index contributed by atoms with van der Waals surface area (Å²) in [4.78, 5) is 15.8. The minimum atomic E-state index is -3.57. The van der Waals surface area contributed by atoms with E-state index in [1.165, 1.54) is 6.20 Å². The second kappa shape index (κ2) is 6.21. The lowest BCUT2D eigenvalue weighted by molar-refractivity contribution is 0.102. The van der Waals surface area contributed by atoms with E-state index in [1.54, 1.807) is 36.4 Å². The number of hydrogen-bond acceptors (Lipinski definition) is 4. The minimum absolute atomic E-state index is 0.112. The highest BCUT2D eigenvalue weighted by atomic mass is 35.5. The molecule has 3 N–H and O–H groups in total. The first-order valence-corrected chi connectivity index (χ1v) is 7.96. The van der Waals surface area contributed by atoms with Crippen molar-refractivity contribution in [3.63, 3.8) is 0 Å². The van der Waals surface area contributed by atoms with Crippen molar-refractivity contribution in [3.05, 3.63) is 58.9 Å². The highest BCUT2D eigenvalue weighted by Gasteiger charge is 2.11. The number of rotatable bonds is 4. The maximum atomic E-state index is 12.0. The van der Waals surface area contributed by atoms with Crippen molar-refractivity contribution < 1.29 is 13.2 Å². The van der Waals surface area contributed by atoms with Crippen molar-refractivity contribution in [2.75, 3.05) is 5.32 Å². The molecular formula is C13H12ClN3O3S. The Hall–Kier alpha value is -1.96. The topological polar surface area (TPSA) is 102 Å². The van der Waals surface area contributed by atoms with Gasteiger partial charge in [0, 0.05) is 11.9 Å². The van der Waals surface area contributed by atoms with Gasteiger partial charge >= 0.3 is 0 Å². The monoisotopic (exact) mass is 325 g/mol. The van der Waals surface area contributed by atoms with Crippen molar-refractivity contribution in [3.8, 4) is 0 Å². The molecule has 0 radical (unpaired) electrons. The van der Waals surface area contributed by atoms with Crippen LogP contribution in [0, 0.1) is 0 Å². The summed E-state index contributed by atoms with van der Waals surface area (Å²) in [7, 11) is -3.57. The summed E-state index contributed by atoms with van der Waals surface area (Å²) < 4.78 is 21.9. The molecule has 0 spiro atoms. The second-order valence-electron chi connectivity index (χ2n) is 4.30. The van der Waals surface area contributed by atoms with Gasteiger partial charge in [-0.15, -0.1) is 0 Å². The SMILES string of the molecule is NS(=O)(=O)Cc1ccc(NC(=O)c2cccnc2Cl)cc1. The fourth-order valence-electron chi connectivity index (χ4n) is 1.67. The summed E-state index contributed by atoms with van der Waals surface area (Å²) in [6.45, 7) is 0. The van der Waals surface area contributed by atoms with Crippen molar-refractivity contribution in [1.29, 1.82) is 0 Å². The third-order valence-corrected chi connectivity index (χ3v) is 3.62. The largest absolute Gasteiger partial charge is 0.322 e. The van der Waals surface area contributed by atoms with Crippen molar-refractivity contribution in [2.45, 2.75) is 5.75 Å². The zero-order valence-corrected chi connectivity index (χ0v) is 12.4. The summed E-state index contributed by atoms with van der Waals surface area (Å²) in [5.41, 5.74) is 1.31. The van der Waals surface area contributed by atoms with Gasteiger partial charge in [-0.1, -0.05) is 23.7 Å². The lowest BCUT2D eigenvalue weighted by Crippen LogP contribution is -2.15. The lowest BCUT2D eigenvalue weighted by atomic mass is 10.2. The second-order valence-corrected chi connectivity index (χ2v) is 6.27. The number of nitrogens with one attached hydrogen (secondary N) is 1. The Morgan fingerprint density at radius 1 is 1.24 bits per heavy atom. The van der Waals surface area contributed by atoms with Gasteiger partial charge in [-0.25, -0.2) is 18.5 Å². The number of pyridine rings is 1. The molecule has 2 rings (SSSR count). The van der Waals surface area contributed by atoms with Crippen molar-refractivity contribution in [1.82, 2.24) is 4.98 Å². The molecule has 1 aromatic carbocycles. The molecule has 21 heavy (non-hydrogen) atoms. The Morgan fingerprint density at radius 3 is 2.48 bits per heavy atom. The summed E-state index contributed by atoms with van der Waals surface area (Å²) in [6.07, 6.45) is 1.49. The van der Waals surface area contributed by atoms with E-state index < -0.39 is 15.9 Å². The average Bonchev–Trinajstić information content (AvgIpc) is 2.40. The van der Waals surface area contributed by atoms with E-state index in [2.05, 4.69) is 10.3 Å². The van der Waals surface area contributed by atoms with Crippen LogP contribution in [0.2, 0.25) is 5.15 Å². The third-order valence-electron chi connectivity index (χ3n) is 2.58. The Labute approximate surface area is 127 Å². The van der Waals surface area contributed by atoms with Gasteiger partial charge in [0.1, 0.15) is 5.15 Å². The highest BCUT2D eigenvalue weighted by Crippen LogP contribution is 2.16. The zero-order valence-electron chi connectivity index (χ0n) is 10.8. The first-order valence-electron chi connectivity index (χ1n) is 5.86. The van der Waals surface area contributed by atoms with Crippen LogP contribution in [0.5, 0.6) is 0 Å². The number of carbonyl (C=O) groups excluding carboxylic acids is 1. The van der Waals surface area contributed by atoms with Gasteiger partial charge < -0.3 is 5.32 Å². The van der Waals surface area contributed by atoms with Crippen LogP contribution < -0.4 is 10.5 Å². The molecule has 0 fully saturated rings. The summed E-state index contributed by atoms with van der Waals surface area (Å²) in [5, 5.41) is 7.72. The Balaban J connectivity index is 2.10. The lowest BCUT2D eigenvalue weighted by Gasteiger charge is -2.07. The summed E-state index contributed by atoms with van der Waals surface area (Å²) in [6, 6.07) is 9.48. The molecule has 110 valence electrons. The van der Waals surface area contributed by atoms with Gasteiger partial charge in [-0.2, -0.15) is 0 Å². The van der Waals surface area contributed by atoms with Gasteiger partial charge in [-0.05, 0) is 29.8 Å². The fraction of sp³-hybridized carbons (Fsp3) is 0.0769.